The minimum absolute atomic E-state index is 0.00130. The van der Waals surface area contributed by atoms with Crippen molar-refractivity contribution in [1.29, 1.82) is 0 Å². The van der Waals surface area contributed by atoms with Crippen LogP contribution in [-0.4, -0.2) is 19.9 Å². The average molecular weight is 354 g/mol. The molecule has 0 aliphatic rings. The first-order chi connectivity index (χ1) is 11.3. The summed E-state index contributed by atoms with van der Waals surface area (Å²) in [5, 5.41) is 10.9. The van der Waals surface area contributed by atoms with Crippen molar-refractivity contribution in [3.05, 3.63) is 57.9 Å². The highest BCUT2D eigenvalue weighted by atomic mass is 32.2. The first-order valence-electron chi connectivity index (χ1n) is 6.95. The maximum absolute atomic E-state index is 13.8. The van der Waals surface area contributed by atoms with Gasteiger partial charge in [-0.25, -0.2) is 12.8 Å². The monoisotopic (exact) mass is 354 g/mol. The second-order valence-electron chi connectivity index (χ2n) is 4.84. The third-order valence-electron chi connectivity index (χ3n) is 3.23. The van der Waals surface area contributed by atoms with Crippen molar-refractivity contribution >= 4 is 21.4 Å². The van der Waals surface area contributed by atoms with E-state index in [2.05, 4.69) is 4.72 Å². The molecule has 0 bridgehead atoms. The van der Waals surface area contributed by atoms with Crippen molar-refractivity contribution in [2.45, 2.75) is 18.7 Å². The number of hydrogen-bond acceptors (Lipinski definition) is 5. The SMILES string of the molecule is CCOc1ccc(NS(=O)(=O)c2cccc([N+](=O)[O-])c2C)cc1F. The van der Waals surface area contributed by atoms with E-state index < -0.39 is 20.8 Å². The highest BCUT2D eigenvalue weighted by Gasteiger charge is 2.23. The van der Waals surface area contributed by atoms with Crippen molar-refractivity contribution in [2.75, 3.05) is 11.3 Å². The van der Waals surface area contributed by atoms with E-state index in [1.807, 2.05) is 0 Å². The molecular weight excluding hydrogens is 339 g/mol. The fraction of sp³-hybridized carbons (Fsp3) is 0.200. The Bertz CT molecular complexity index is 883. The van der Waals surface area contributed by atoms with E-state index >= 15 is 0 Å². The molecule has 0 unspecified atom stereocenters. The van der Waals surface area contributed by atoms with Crippen molar-refractivity contribution in [3.8, 4) is 5.75 Å². The van der Waals surface area contributed by atoms with E-state index in [0.717, 1.165) is 6.07 Å². The van der Waals surface area contributed by atoms with Crippen LogP contribution in [0, 0.1) is 22.9 Å². The van der Waals surface area contributed by atoms with Gasteiger partial charge in [0.25, 0.3) is 15.7 Å². The van der Waals surface area contributed by atoms with E-state index in [9.17, 15) is 22.9 Å². The van der Waals surface area contributed by atoms with Gasteiger partial charge in [-0.05, 0) is 32.0 Å². The van der Waals surface area contributed by atoms with E-state index in [4.69, 9.17) is 4.74 Å². The van der Waals surface area contributed by atoms with Gasteiger partial charge in [0.1, 0.15) is 0 Å². The third-order valence-corrected chi connectivity index (χ3v) is 4.75. The number of sulfonamides is 1. The summed E-state index contributed by atoms with van der Waals surface area (Å²) in [5.74, 6) is -0.709. The number of benzene rings is 2. The molecule has 0 atom stereocenters. The standard InChI is InChI=1S/C15H15FN2O5S/c1-3-23-14-8-7-11(9-12(14)16)17-24(21,22)15-6-4-5-13(10(15)2)18(19)20/h4-9,17H,3H2,1-2H3. The second kappa shape index (κ2) is 6.83. The predicted octanol–water partition coefficient (Wildman–Crippen LogP) is 3.24. The molecule has 2 aromatic carbocycles. The lowest BCUT2D eigenvalue weighted by molar-refractivity contribution is -0.385. The van der Waals surface area contributed by atoms with Crippen LogP contribution >= 0.6 is 0 Å². The van der Waals surface area contributed by atoms with E-state index in [1.165, 1.54) is 37.3 Å². The van der Waals surface area contributed by atoms with Crippen molar-refractivity contribution < 1.29 is 22.5 Å². The molecule has 0 spiro atoms. The summed E-state index contributed by atoms with van der Waals surface area (Å²) in [5.41, 5.74) is -0.320. The average Bonchev–Trinajstić information content (AvgIpc) is 2.49. The molecule has 0 saturated heterocycles. The molecule has 0 radical (unpaired) electrons. The minimum Gasteiger partial charge on any atom is -0.491 e. The maximum Gasteiger partial charge on any atom is 0.273 e. The van der Waals surface area contributed by atoms with Gasteiger partial charge in [-0.3, -0.25) is 14.8 Å². The van der Waals surface area contributed by atoms with Crippen LogP contribution in [0.5, 0.6) is 5.75 Å². The molecule has 0 saturated carbocycles. The first-order valence-corrected chi connectivity index (χ1v) is 8.43. The van der Waals surface area contributed by atoms with Gasteiger partial charge in [0, 0.05) is 17.7 Å². The molecule has 9 heteroatoms. The lowest BCUT2D eigenvalue weighted by atomic mass is 10.2. The van der Waals surface area contributed by atoms with Gasteiger partial charge < -0.3 is 4.74 Å². The van der Waals surface area contributed by atoms with Gasteiger partial charge in [-0.15, -0.1) is 0 Å². The Balaban J connectivity index is 2.37. The molecule has 1 N–H and O–H groups in total. The number of anilines is 1. The minimum atomic E-state index is -4.10. The normalized spacial score (nSPS) is 11.1. The largest absolute Gasteiger partial charge is 0.491 e. The smallest absolute Gasteiger partial charge is 0.273 e. The van der Waals surface area contributed by atoms with Crippen LogP contribution in [0.25, 0.3) is 0 Å². The molecule has 24 heavy (non-hydrogen) atoms. The van der Waals surface area contributed by atoms with Gasteiger partial charge in [0.2, 0.25) is 0 Å². The lowest BCUT2D eigenvalue weighted by Crippen LogP contribution is -2.15. The lowest BCUT2D eigenvalue weighted by Gasteiger charge is -2.11. The van der Waals surface area contributed by atoms with E-state index in [1.54, 1.807) is 6.92 Å². The van der Waals surface area contributed by atoms with E-state index in [0.29, 0.717) is 0 Å². The van der Waals surface area contributed by atoms with Crippen LogP contribution in [0.2, 0.25) is 0 Å². The third kappa shape index (κ3) is 3.62. The summed E-state index contributed by atoms with van der Waals surface area (Å²) in [6.07, 6.45) is 0. The summed E-state index contributed by atoms with van der Waals surface area (Å²) in [4.78, 5) is 10.0. The fourth-order valence-electron chi connectivity index (χ4n) is 2.14. The number of nitro groups is 1. The van der Waals surface area contributed by atoms with Gasteiger partial charge in [-0.2, -0.15) is 0 Å². The van der Waals surface area contributed by atoms with E-state index in [-0.39, 0.29) is 34.2 Å². The Hall–Kier alpha value is -2.68. The summed E-state index contributed by atoms with van der Waals surface area (Å²) >= 11 is 0. The summed E-state index contributed by atoms with van der Waals surface area (Å²) in [6, 6.07) is 7.36. The Morgan fingerprint density at radius 3 is 2.58 bits per heavy atom. The molecule has 0 aromatic heterocycles. The fourth-order valence-corrected chi connectivity index (χ4v) is 3.45. The number of ether oxygens (including phenoxy) is 1. The number of halogens is 1. The molecule has 0 heterocycles. The van der Waals surface area contributed by atoms with Crippen molar-refractivity contribution in [3.63, 3.8) is 0 Å². The highest BCUT2D eigenvalue weighted by molar-refractivity contribution is 7.92. The highest BCUT2D eigenvalue weighted by Crippen LogP contribution is 2.27. The molecule has 0 amide bonds. The molecule has 0 aliphatic heterocycles. The molecular formula is C15H15FN2O5S. The predicted molar refractivity (Wildman–Crippen MR) is 86.2 cm³/mol. The Morgan fingerprint density at radius 1 is 1.29 bits per heavy atom. The molecule has 0 fully saturated rings. The summed E-state index contributed by atoms with van der Waals surface area (Å²) in [6.45, 7) is 3.31. The van der Waals surface area contributed by atoms with Crippen LogP contribution in [0.4, 0.5) is 15.8 Å². The molecule has 0 aliphatic carbocycles. The van der Waals surface area contributed by atoms with Crippen molar-refractivity contribution in [2.24, 2.45) is 0 Å². The van der Waals surface area contributed by atoms with Crippen LogP contribution in [-0.2, 0) is 10.0 Å². The molecule has 7 nitrogen and oxygen atoms in total. The van der Waals surface area contributed by atoms with Crippen LogP contribution in [0.15, 0.2) is 41.3 Å². The van der Waals surface area contributed by atoms with Gasteiger partial charge in [0.05, 0.1) is 22.1 Å². The van der Waals surface area contributed by atoms with Crippen LogP contribution in [0.1, 0.15) is 12.5 Å². The summed E-state index contributed by atoms with van der Waals surface area (Å²) < 4.78 is 45.9. The number of hydrogen-bond donors (Lipinski definition) is 1. The second-order valence-corrected chi connectivity index (χ2v) is 6.49. The molecule has 2 aromatic rings. The molecule has 128 valence electrons. The van der Waals surface area contributed by atoms with Crippen LogP contribution in [0.3, 0.4) is 0 Å². The van der Waals surface area contributed by atoms with Gasteiger partial charge in [-0.1, -0.05) is 6.07 Å². The zero-order chi connectivity index (χ0) is 17.9. The maximum atomic E-state index is 13.8. The Kier molecular flexibility index (Phi) is 5.03. The number of nitrogens with one attached hydrogen (secondary N) is 1. The Labute approximate surface area is 138 Å². The summed E-state index contributed by atoms with van der Waals surface area (Å²) in [7, 11) is -4.10. The van der Waals surface area contributed by atoms with Crippen LogP contribution < -0.4 is 9.46 Å². The quantitative estimate of drug-likeness (QED) is 0.634. The number of rotatable bonds is 6. The zero-order valence-corrected chi connectivity index (χ0v) is 13.8. The Morgan fingerprint density at radius 2 is 2.00 bits per heavy atom. The number of nitro benzene ring substituents is 1. The van der Waals surface area contributed by atoms with Crippen molar-refractivity contribution in [1.82, 2.24) is 0 Å². The van der Waals surface area contributed by atoms with Gasteiger partial charge >= 0.3 is 0 Å². The topological polar surface area (TPSA) is 98.5 Å². The first kappa shape index (κ1) is 17.7. The zero-order valence-electron chi connectivity index (χ0n) is 12.9. The van der Waals surface area contributed by atoms with Gasteiger partial charge in [0.15, 0.2) is 11.6 Å². The molecule has 2 rings (SSSR count). The number of nitrogens with zero attached hydrogens (tertiary/aromatic N) is 1.